The largest absolute Gasteiger partial charge is 1.00 e. The third-order valence-electron chi connectivity index (χ3n) is 10.3. The van der Waals surface area contributed by atoms with E-state index in [-0.39, 0.29) is 58.9 Å². The molecular weight excluding hydrogens is 475 g/mol. The summed E-state index contributed by atoms with van der Waals surface area (Å²) in [5.74, 6) is 5.46. The average molecular weight is 525 g/mol. The van der Waals surface area contributed by atoms with E-state index in [0.717, 1.165) is 48.3 Å². The van der Waals surface area contributed by atoms with Gasteiger partial charge in [0.1, 0.15) is 0 Å². The third-order valence-corrected chi connectivity index (χ3v) is 10.3. The maximum absolute atomic E-state index is 10.2. The van der Waals surface area contributed by atoms with E-state index in [1.807, 2.05) is 0 Å². The maximum Gasteiger partial charge on any atom is 1.00 e. The Morgan fingerprint density at radius 1 is 1.03 bits per heavy atom. The Balaban J connectivity index is 0.000000798. The normalized spacial score (nSPS) is 40.0. The third kappa shape index (κ3) is 7.19. The molecule has 0 spiro atoms. The fourth-order valence-corrected chi connectivity index (χ4v) is 8.67. The Hall–Kier alpha value is 1.21. The molecule has 5 nitrogen and oxygen atoms in total. The van der Waals surface area contributed by atoms with E-state index >= 15 is 0 Å². The monoisotopic (exact) mass is 524 g/mol. The van der Waals surface area contributed by atoms with E-state index in [1.165, 1.54) is 57.8 Å². The first-order valence-corrected chi connectivity index (χ1v) is 14.7. The molecule has 0 aliphatic heterocycles. The van der Waals surface area contributed by atoms with Crippen LogP contribution in [-0.4, -0.2) is 28.7 Å². The second kappa shape index (κ2) is 12.4. The van der Waals surface area contributed by atoms with E-state index in [9.17, 15) is 5.11 Å². The molecule has 3 fully saturated rings. The minimum Gasteiger partial charge on any atom is -1.00 e. The number of hydrogen-bond donors (Lipinski definition) is 3. The van der Waals surface area contributed by atoms with Gasteiger partial charge in [-0.3, -0.25) is 9.11 Å². The second-order valence-corrected chi connectivity index (χ2v) is 13.5. The van der Waals surface area contributed by atoms with Gasteiger partial charge < -0.3 is 6.53 Å². The number of aliphatic hydroxyl groups excluding tert-OH is 1. The summed E-state index contributed by atoms with van der Waals surface area (Å²) in [5, 5.41) is 10.2. The molecule has 0 saturated heterocycles. The van der Waals surface area contributed by atoms with Crippen molar-refractivity contribution in [2.75, 3.05) is 0 Å². The van der Waals surface area contributed by atoms with Crippen LogP contribution in [0.4, 0.5) is 0 Å². The maximum atomic E-state index is 10.2. The van der Waals surface area contributed by atoms with Crippen LogP contribution in [-0.2, 0) is 10.4 Å². The van der Waals surface area contributed by atoms with Crippen LogP contribution < -0.4 is 51.4 Å². The van der Waals surface area contributed by atoms with E-state index in [1.54, 1.807) is 5.57 Å². The SMILES string of the molecule is CC(C)CCCC(C)[C@H]1CC[C@H]2[C@@H]3CC=C4C[C@@H](O)CC[C@]4(C)[C@H]3CC[C@]12C.O=S(=O)(O)O.[H-].[K+]. The standard InChI is InChI=1S/C27H46O.K.H2O4S.H/c1-18(2)7-6-8-19(3)23-11-12-24-22-10-9-20-17-21(28)13-15-26(20,4)25(22)14-16-27(23,24)5;;1-5(2,3)4;/h9,18-19,21-25,28H,6-8,10-17H2,1-5H3;;(H2,1,2,3,4);/q;+1;;-1/t19?,21-,22-,23+,24-,25-,26-,27+;;;/m0.../s1. The van der Waals surface area contributed by atoms with Gasteiger partial charge in [-0.2, -0.15) is 8.42 Å². The van der Waals surface area contributed by atoms with E-state index in [0.29, 0.717) is 10.8 Å². The summed E-state index contributed by atoms with van der Waals surface area (Å²) in [4.78, 5) is 0. The summed E-state index contributed by atoms with van der Waals surface area (Å²) in [5.41, 5.74) is 2.60. The molecule has 4 aliphatic rings. The molecule has 0 radical (unpaired) electrons. The van der Waals surface area contributed by atoms with Crippen LogP contribution >= 0.6 is 0 Å². The fraction of sp³-hybridized carbons (Fsp3) is 0.926. The molecule has 0 aromatic carbocycles. The Kier molecular flexibility index (Phi) is 11.4. The number of hydrogen-bond acceptors (Lipinski definition) is 3. The Bertz CT molecular complexity index is 810. The second-order valence-electron chi connectivity index (χ2n) is 12.6. The molecule has 4 rings (SSSR count). The van der Waals surface area contributed by atoms with Crippen molar-refractivity contribution < 1.29 is 75.4 Å². The first-order chi connectivity index (χ1) is 15.3. The first-order valence-electron chi connectivity index (χ1n) is 13.3. The summed E-state index contributed by atoms with van der Waals surface area (Å²) in [6, 6.07) is 0. The van der Waals surface area contributed by atoms with Crippen molar-refractivity contribution in [3.8, 4) is 0 Å². The molecule has 1 unspecified atom stereocenters. The van der Waals surface area contributed by atoms with Crippen molar-refractivity contribution in [2.24, 2.45) is 46.3 Å². The first kappa shape index (κ1) is 31.4. The summed E-state index contributed by atoms with van der Waals surface area (Å²) >= 11 is 0. The van der Waals surface area contributed by atoms with Gasteiger partial charge in [-0.05, 0) is 97.7 Å². The summed E-state index contributed by atoms with van der Waals surface area (Å²) < 4.78 is 31.6. The fourth-order valence-electron chi connectivity index (χ4n) is 8.67. The smallest absolute Gasteiger partial charge is 1.00 e. The molecule has 7 heteroatoms. The van der Waals surface area contributed by atoms with E-state index < -0.39 is 10.4 Å². The number of fused-ring (bicyclic) bond motifs is 5. The molecule has 3 N–H and O–H groups in total. The Morgan fingerprint density at radius 3 is 2.29 bits per heavy atom. The number of allylic oxidation sites excluding steroid dienone is 1. The van der Waals surface area contributed by atoms with Crippen molar-refractivity contribution in [2.45, 2.75) is 111 Å². The van der Waals surface area contributed by atoms with Gasteiger partial charge in [-0.15, -0.1) is 0 Å². The zero-order valence-electron chi connectivity index (χ0n) is 23.5. The molecular formula is C27H49KO5S. The molecule has 8 atom stereocenters. The molecule has 0 aromatic heterocycles. The number of aliphatic hydroxyl groups is 1. The van der Waals surface area contributed by atoms with Crippen LogP contribution in [0.2, 0.25) is 0 Å². The van der Waals surface area contributed by atoms with Crippen LogP contribution in [0.25, 0.3) is 0 Å². The van der Waals surface area contributed by atoms with Crippen LogP contribution in [0, 0.1) is 46.3 Å². The zero-order valence-corrected chi connectivity index (χ0v) is 26.4. The van der Waals surface area contributed by atoms with Gasteiger partial charge in [-0.1, -0.05) is 65.5 Å². The van der Waals surface area contributed by atoms with Gasteiger partial charge in [0.2, 0.25) is 0 Å². The predicted molar refractivity (Wildman–Crippen MR) is 134 cm³/mol. The van der Waals surface area contributed by atoms with E-state index in [4.69, 9.17) is 17.5 Å². The Morgan fingerprint density at radius 2 is 1.68 bits per heavy atom. The van der Waals surface area contributed by atoms with Crippen molar-refractivity contribution in [3.05, 3.63) is 11.6 Å². The molecule has 0 amide bonds. The molecule has 0 aromatic rings. The topological polar surface area (TPSA) is 94.8 Å². The van der Waals surface area contributed by atoms with Gasteiger partial charge in [0.15, 0.2) is 0 Å². The van der Waals surface area contributed by atoms with Gasteiger partial charge in [0, 0.05) is 0 Å². The van der Waals surface area contributed by atoms with Crippen LogP contribution in [0.1, 0.15) is 107 Å². The van der Waals surface area contributed by atoms with Gasteiger partial charge >= 0.3 is 61.8 Å². The average Bonchev–Trinajstić information content (AvgIpc) is 3.04. The van der Waals surface area contributed by atoms with E-state index in [2.05, 4.69) is 40.7 Å². The van der Waals surface area contributed by atoms with Crippen molar-refractivity contribution in [3.63, 3.8) is 0 Å². The van der Waals surface area contributed by atoms with Crippen LogP contribution in [0.15, 0.2) is 11.6 Å². The van der Waals surface area contributed by atoms with Crippen LogP contribution in [0.5, 0.6) is 0 Å². The molecule has 194 valence electrons. The van der Waals surface area contributed by atoms with Crippen molar-refractivity contribution in [1.29, 1.82) is 0 Å². The minimum atomic E-state index is -4.67. The molecule has 4 aliphatic carbocycles. The van der Waals surface area contributed by atoms with Crippen molar-refractivity contribution >= 4 is 10.4 Å². The van der Waals surface area contributed by atoms with Crippen LogP contribution in [0.3, 0.4) is 0 Å². The van der Waals surface area contributed by atoms with Crippen molar-refractivity contribution in [1.82, 2.24) is 0 Å². The van der Waals surface area contributed by atoms with Gasteiger partial charge in [0.05, 0.1) is 6.10 Å². The molecule has 0 heterocycles. The molecule has 3 saturated carbocycles. The molecule has 0 bridgehead atoms. The zero-order chi connectivity index (χ0) is 24.6. The van der Waals surface area contributed by atoms with Gasteiger partial charge in [0.25, 0.3) is 0 Å². The Labute approximate surface area is 252 Å². The summed E-state index contributed by atoms with van der Waals surface area (Å²) in [7, 11) is -4.67. The molecule has 34 heavy (non-hydrogen) atoms. The quantitative estimate of drug-likeness (QED) is 0.288. The predicted octanol–water partition coefficient (Wildman–Crippen LogP) is 3.85. The number of rotatable bonds is 5. The summed E-state index contributed by atoms with van der Waals surface area (Å²) in [6.07, 6.45) is 17.2. The summed E-state index contributed by atoms with van der Waals surface area (Å²) in [6.45, 7) is 12.6. The minimum absolute atomic E-state index is 0. The van der Waals surface area contributed by atoms with Gasteiger partial charge in [-0.25, -0.2) is 0 Å².